The molecule has 0 aliphatic heterocycles. The Morgan fingerprint density at radius 3 is 2.38 bits per heavy atom. The van der Waals surface area contributed by atoms with Crippen LogP contribution in [0.5, 0.6) is 0 Å². The summed E-state index contributed by atoms with van der Waals surface area (Å²) in [5.74, 6) is -0.442. The standard InChI is InChI=1S/C20H17NO2S/c1-14-10-11-17(13-15(14)2)19(16-7-4-3-5-8-16)21-23-20(22)18-9-6-12-24-18/h3-13H,1-2H3/b21-19-. The molecule has 3 aromatic rings. The highest BCUT2D eigenvalue weighted by Crippen LogP contribution is 2.17. The highest BCUT2D eigenvalue weighted by atomic mass is 32.1. The fourth-order valence-electron chi connectivity index (χ4n) is 2.28. The molecule has 0 unspecified atom stereocenters. The molecule has 0 N–H and O–H groups in total. The predicted molar refractivity (Wildman–Crippen MR) is 97.7 cm³/mol. The lowest BCUT2D eigenvalue weighted by Crippen LogP contribution is -2.07. The summed E-state index contributed by atoms with van der Waals surface area (Å²) >= 11 is 1.33. The molecule has 0 fully saturated rings. The summed E-state index contributed by atoms with van der Waals surface area (Å²) in [6.07, 6.45) is 0. The number of carbonyl (C=O) groups is 1. The minimum absolute atomic E-state index is 0.442. The SMILES string of the molecule is Cc1ccc(/C(=N\OC(=O)c2cccs2)c2ccccc2)cc1C. The van der Waals surface area contributed by atoms with Crippen molar-refractivity contribution in [3.8, 4) is 0 Å². The van der Waals surface area contributed by atoms with Crippen molar-refractivity contribution in [2.24, 2.45) is 5.16 Å². The Kier molecular flexibility index (Phi) is 4.87. The molecule has 0 spiro atoms. The van der Waals surface area contributed by atoms with Crippen LogP contribution in [-0.4, -0.2) is 11.7 Å². The number of oxime groups is 1. The molecule has 0 amide bonds. The van der Waals surface area contributed by atoms with E-state index >= 15 is 0 Å². The summed E-state index contributed by atoms with van der Waals surface area (Å²) in [5, 5.41) is 6.00. The molecule has 0 aliphatic carbocycles. The normalized spacial score (nSPS) is 11.3. The number of aryl methyl sites for hydroxylation is 2. The summed E-state index contributed by atoms with van der Waals surface area (Å²) < 4.78 is 0. The average Bonchev–Trinajstić information content (AvgIpc) is 3.13. The first-order chi connectivity index (χ1) is 11.6. The molecule has 2 aromatic carbocycles. The second-order valence-corrected chi connectivity index (χ2v) is 6.41. The van der Waals surface area contributed by atoms with Crippen LogP contribution >= 0.6 is 11.3 Å². The Morgan fingerprint density at radius 2 is 1.71 bits per heavy atom. The fourth-order valence-corrected chi connectivity index (χ4v) is 2.88. The van der Waals surface area contributed by atoms with Crippen LogP contribution in [0.2, 0.25) is 0 Å². The Labute approximate surface area is 145 Å². The molecule has 1 heterocycles. The van der Waals surface area contributed by atoms with E-state index in [9.17, 15) is 4.79 Å². The van der Waals surface area contributed by atoms with E-state index in [4.69, 9.17) is 4.84 Å². The van der Waals surface area contributed by atoms with Crippen LogP contribution in [-0.2, 0) is 4.84 Å². The Bertz CT molecular complexity index is 868. The maximum absolute atomic E-state index is 12.1. The summed E-state index contributed by atoms with van der Waals surface area (Å²) in [6.45, 7) is 4.12. The van der Waals surface area contributed by atoms with E-state index in [2.05, 4.69) is 25.1 Å². The highest BCUT2D eigenvalue weighted by Gasteiger charge is 2.12. The van der Waals surface area contributed by atoms with Crippen molar-refractivity contribution in [1.82, 2.24) is 0 Å². The van der Waals surface area contributed by atoms with Gasteiger partial charge in [0.1, 0.15) is 10.6 Å². The van der Waals surface area contributed by atoms with Gasteiger partial charge >= 0.3 is 5.97 Å². The topological polar surface area (TPSA) is 38.7 Å². The number of thiophene rings is 1. The van der Waals surface area contributed by atoms with Gasteiger partial charge in [0.05, 0.1) is 0 Å². The van der Waals surface area contributed by atoms with Gasteiger partial charge in [0, 0.05) is 11.1 Å². The maximum Gasteiger partial charge on any atom is 0.375 e. The summed E-state index contributed by atoms with van der Waals surface area (Å²) in [5.41, 5.74) is 4.84. The molecule has 0 saturated carbocycles. The monoisotopic (exact) mass is 335 g/mol. The number of hydrogen-bond donors (Lipinski definition) is 0. The van der Waals surface area contributed by atoms with Crippen LogP contribution in [0.1, 0.15) is 31.9 Å². The minimum Gasteiger partial charge on any atom is -0.311 e. The molecule has 1 aromatic heterocycles. The maximum atomic E-state index is 12.1. The van der Waals surface area contributed by atoms with Gasteiger partial charge < -0.3 is 4.84 Å². The van der Waals surface area contributed by atoms with Crippen molar-refractivity contribution in [3.05, 3.63) is 93.2 Å². The van der Waals surface area contributed by atoms with E-state index in [0.717, 1.165) is 11.1 Å². The van der Waals surface area contributed by atoms with Crippen LogP contribution in [0, 0.1) is 13.8 Å². The zero-order valence-corrected chi connectivity index (χ0v) is 14.3. The largest absolute Gasteiger partial charge is 0.375 e. The van der Waals surface area contributed by atoms with E-state index in [1.807, 2.05) is 53.9 Å². The van der Waals surface area contributed by atoms with Gasteiger partial charge in [-0.05, 0) is 42.5 Å². The average molecular weight is 335 g/mol. The van der Waals surface area contributed by atoms with Crippen LogP contribution in [0.25, 0.3) is 0 Å². The second kappa shape index (κ2) is 7.23. The molecule has 24 heavy (non-hydrogen) atoms. The van der Waals surface area contributed by atoms with E-state index in [-0.39, 0.29) is 0 Å². The quantitative estimate of drug-likeness (QED) is 0.383. The molecule has 0 atom stereocenters. The lowest BCUT2D eigenvalue weighted by atomic mass is 9.99. The van der Waals surface area contributed by atoms with Crippen molar-refractivity contribution in [2.75, 3.05) is 0 Å². The van der Waals surface area contributed by atoms with Gasteiger partial charge in [0.25, 0.3) is 0 Å². The Balaban J connectivity index is 1.97. The van der Waals surface area contributed by atoms with Crippen molar-refractivity contribution in [1.29, 1.82) is 0 Å². The molecule has 0 radical (unpaired) electrons. The van der Waals surface area contributed by atoms with Gasteiger partial charge in [0.15, 0.2) is 0 Å². The predicted octanol–water partition coefficient (Wildman–Crippen LogP) is 4.97. The molecule has 3 rings (SSSR count). The third-order valence-corrected chi connectivity index (χ3v) is 4.62. The van der Waals surface area contributed by atoms with E-state index < -0.39 is 5.97 Å². The summed E-state index contributed by atoms with van der Waals surface area (Å²) in [7, 11) is 0. The zero-order chi connectivity index (χ0) is 16.9. The number of hydrogen-bond acceptors (Lipinski definition) is 4. The van der Waals surface area contributed by atoms with Gasteiger partial charge in [-0.2, -0.15) is 0 Å². The zero-order valence-electron chi connectivity index (χ0n) is 13.5. The first-order valence-electron chi connectivity index (χ1n) is 7.61. The molecular weight excluding hydrogens is 318 g/mol. The highest BCUT2D eigenvalue weighted by molar-refractivity contribution is 7.11. The first-order valence-corrected chi connectivity index (χ1v) is 8.49. The van der Waals surface area contributed by atoms with Crippen LogP contribution in [0.3, 0.4) is 0 Å². The fraction of sp³-hybridized carbons (Fsp3) is 0.100. The first kappa shape index (κ1) is 16.1. The van der Waals surface area contributed by atoms with Crippen molar-refractivity contribution >= 4 is 23.0 Å². The number of benzene rings is 2. The summed E-state index contributed by atoms with van der Waals surface area (Å²) in [4.78, 5) is 17.8. The Morgan fingerprint density at radius 1 is 0.917 bits per heavy atom. The van der Waals surface area contributed by atoms with Gasteiger partial charge in [-0.15, -0.1) is 11.3 Å². The molecule has 120 valence electrons. The van der Waals surface area contributed by atoms with E-state index in [0.29, 0.717) is 10.6 Å². The Hall–Kier alpha value is -2.72. The van der Waals surface area contributed by atoms with Gasteiger partial charge in [0.2, 0.25) is 0 Å². The van der Waals surface area contributed by atoms with E-state index in [1.165, 1.54) is 22.5 Å². The molecule has 0 aliphatic rings. The van der Waals surface area contributed by atoms with E-state index in [1.54, 1.807) is 6.07 Å². The molecule has 4 heteroatoms. The number of nitrogens with zero attached hydrogens (tertiary/aromatic N) is 1. The van der Waals surface area contributed by atoms with Crippen LogP contribution in [0.4, 0.5) is 0 Å². The third-order valence-electron chi connectivity index (χ3n) is 3.77. The third kappa shape index (κ3) is 3.60. The summed E-state index contributed by atoms with van der Waals surface area (Å²) in [6, 6.07) is 19.4. The minimum atomic E-state index is -0.442. The second-order valence-electron chi connectivity index (χ2n) is 5.46. The van der Waals surface area contributed by atoms with Gasteiger partial charge in [-0.3, -0.25) is 0 Å². The lowest BCUT2D eigenvalue weighted by Gasteiger charge is -2.09. The van der Waals surface area contributed by atoms with Crippen molar-refractivity contribution < 1.29 is 9.63 Å². The van der Waals surface area contributed by atoms with Crippen molar-refractivity contribution in [2.45, 2.75) is 13.8 Å². The number of carbonyl (C=O) groups excluding carboxylic acids is 1. The molecule has 0 bridgehead atoms. The lowest BCUT2D eigenvalue weighted by molar-refractivity contribution is 0.0523. The van der Waals surface area contributed by atoms with Gasteiger partial charge in [-0.25, -0.2) is 4.79 Å². The molecule has 0 saturated heterocycles. The van der Waals surface area contributed by atoms with Gasteiger partial charge in [-0.1, -0.05) is 53.7 Å². The smallest absolute Gasteiger partial charge is 0.311 e. The van der Waals surface area contributed by atoms with Crippen LogP contribution < -0.4 is 0 Å². The molecule has 3 nitrogen and oxygen atoms in total. The van der Waals surface area contributed by atoms with Crippen LogP contribution in [0.15, 0.2) is 71.2 Å². The molecular formula is C20H17NO2S. The number of rotatable bonds is 4. The van der Waals surface area contributed by atoms with Crippen molar-refractivity contribution in [3.63, 3.8) is 0 Å².